The number of rotatable bonds is 2. The number of phenolic OH excluding ortho intramolecular Hbond substituents is 1. The first-order valence-corrected chi connectivity index (χ1v) is 6.32. The number of thioether (sulfide) groups is 1. The van der Waals surface area contributed by atoms with E-state index in [1.165, 1.54) is 30.0 Å². The Morgan fingerprint density at radius 3 is 2.89 bits per heavy atom. The van der Waals surface area contributed by atoms with Crippen molar-refractivity contribution in [3.8, 4) is 5.75 Å². The summed E-state index contributed by atoms with van der Waals surface area (Å²) in [5, 5.41) is 9.37. The lowest BCUT2D eigenvalue weighted by Crippen LogP contribution is -2.26. The molecule has 1 heterocycles. The highest BCUT2D eigenvalue weighted by molar-refractivity contribution is 8.14. The molecule has 1 saturated heterocycles. The van der Waals surface area contributed by atoms with Gasteiger partial charge in [0.2, 0.25) is 5.91 Å². The van der Waals surface area contributed by atoms with Gasteiger partial charge in [-0.05, 0) is 12.1 Å². The van der Waals surface area contributed by atoms with Crippen molar-refractivity contribution in [3.05, 3.63) is 24.0 Å². The zero-order chi connectivity index (χ0) is 13.3. The lowest BCUT2D eigenvalue weighted by molar-refractivity contribution is -0.117. The van der Waals surface area contributed by atoms with Gasteiger partial charge in [-0.2, -0.15) is 0 Å². The number of amides is 1. The van der Waals surface area contributed by atoms with E-state index in [1.807, 2.05) is 0 Å². The SMILES string of the molecule is CC(=O)SC1CC(=O)N(c2c(O)cccc2F)C1. The van der Waals surface area contributed by atoms with E-state index in [4.69, 9.17) is 0 Å². The Hall–Kier alpha value is -1.56. The van der Waals surface area contributed by atoms with E-state index in [1.54, 1.807) is 0 Å². The molecule has 2 rings (SSSR count). The van der Waals surface area contributed by atoms with Gasteiger partial charge in [0.15, 0.2) is 10.9 Å². The molecule has 18 heavy (non-hydrogen) atoms. The number of anilines is 1. The smallest absolute Gasteiger partial charge is 0.228 e. The summed E-state index contributed by atoms with van der Waals surface area (Å²) >= 11 is 1.07. The quantitative estimate of drug-likeness (QED) is 0.891. The number of hydrogen-bond donors (Lipinski definition) is 1. The lowest BCUT2D eigenvalue weighted by atomic mass is 10.2. The third kappa shape index (κ3) is 2.48. The number of halogens is 1. The van der Waals surface area contributed by atoms with Crippen LogP contribution in [0.5, 0.6) is 5.75 Å². The minimum absolute atomic E-state index is 0.0765. The number of aromatic hydroxyl groups is 1. The molecule has 1 fully saturated rings. The Balaban J connectivity index is 2.24. The summed E-state index contributed by atoms with van der Waals surface area (Å²) in [6, 6.07) is 3.89. The van der Waals surface area contributed by atoms with E-state index >= 15 is 0 Å². The topological polar surface area (TPSA) is 57.6 Å². The highest BCUT2D eigenvalue weighted by atomic mass is 32.2. The van der Waals surface area contributed by atoms with E-state index < -0.39 is 5.82 Å². The normalized spacial score (nSPS) is 19.3. The Kier molecular flexibility index (Phi) is 3.56. The highest BCUT2D eigenvalue weighted by Gasteiger charge is 2.34. The van der Waals surface area contributed by atoms with Crippen molar-refractivity contribution < 1.29 is 19.1 Å². The van der Waals surface area contributed by atoms with E-state index in [0.717, 1.165) is 11.8 Å². The maximum absolute atomic E-state index is 13.6. The zero-order valence-electron chi connectivity index (χ0n) is 9.72. The summed E-state index contributed by atoms with van der Waals surface area (Å²) in [5.41, 5.74) is -0.103. The van der Waals surface area contributed by atoms with Crippen LogP contribution in [0.1, 0.15) is 13.3 Å². The number of benzene rings is 1. The molecule has 1 unspecified atom stereocenters. The average molecular weight is 269 g/mol. The summed E-state index contributed by atoms with van der Waals surface area (Å²) in [6.45, 7) is 1.66. The lowest BCUT2D eigenvalue weighted by Gasteiger charge is -2.18. The van der Waals surface area contributed by atoms with E-state index in [2.05, 4.69) is 0 Å². The van der Waals surface area contributed by atoms with Gasteiger partial charge in [0.05, 0.1) is 0 Å². The summed E-state index contributed by atoms with van der Waals surface area (Å²) in [5.74, 6) is -1.19. The molecule has 4 nitrogen and oxygen atoms in total. The first-order valence-electron chi connectivity index (χ1n) is 5.44. The fourth-order valence-corrected chi connectivity index (χ4v) is 2.89. The Morgan fingerprint density at radius 2 is 2.28 bits per heavy atom. The van der Waals surface area contributed by atoms with Gasteiger partial charge in [-0.25, -0.2) is 4.39 Å². The highest BCUT2D eigenvalue weighted by Crippen LogP contribution is 2.35. The van der Waals surface area contributed by atoms with Crippen LogP contribution in [0, 0.1) is 5.82 Å². The van der Waals surface area contributed by atoms with Crippen LogP contribution in [0.4, 0.5) is 10.1 Å². The van der Waals surface area contributed by atoms with Gasteiger partial charge in [-0.1, -0.05) is 17.8 Å². The van der Waals surface area contributed by atoms with Crippen molar-refractivity contribution in [2.75, 3.05) is 11.4 Å². The summed E-state index contributed by atoms with van der Waals surface area (Å²) in [6.07, 6.45) is 0.179. The molecule has 1 aliphatic rings. The standard InChI is InChI=1S/C12H12FNO3S/c1-7(15)18-8-5-11(17)14(6-8)12-9(13)3-2-4-10(12)16/h2-4,8,16H,5-6H2,1H3. The maximum atomic E-state index is 13.6. The molecule has 0 bridgehead atoms. The van der Waals surface area contributed by atoms with Crippen LogP contribution < -0.4 is 4.90 Å². The van der Waals surface area contributed by atoms with Gasteiger partial charge in [-0.3, -0.25) is 9.59 Å². The van der Waals surface area contributed by atoms with Gasteiger partial charge in [0.1, 0.15) is 11.4 Å². The number of nitrogens with zero attached hydrogens (tertiary/aromatic N) is 1. The Labute approximate surface area is 108 Å². The third-order valence-electron chi connectivity index (χ3n) is 2.66. The molecule has 96 valence electrons. The molecule has 1 atom stereocenters. The van der Waals surface area contributed by atoms with Crippen molar-refractivity contribution in [2.24, 2.45) is 0 Å². The molecule has 0 aromatic heterocycles. The fraction of sp³-hybridized carbons (Fsp3) is 0.333. The molecule has 1 aromatic rings. The summed E-state index contributed by atoms with van der Waals surface area (Å²) in [7, 11) is 0. The predicted octanol–water partition coefficient (Wildman–Crippen LogP) is 1.92. The monoisotopic (exact) mass is 269 g/mol. The molecule has 0 spiro atoms. The van der Waals surface area contributed by atoms with Gasteiger partial charge >= 0.3 is 0 Å². The molecule has 1 N–H and O–H groups in total. The van der Waals surface area contributed by atoms with Crippen molar-refractivity contribution in [1.29, 1.82) is 0 Å². The first kappa shape index (κ1) is 12.9. The Morgan fingerprint density at radius 1 is 1.56 bits per heavy atom. The second-order valence-electron chi connectivity index (χ2n) is 4.05. The van der Waals surface area contributed by atoms with Crippen LogP contribution in [0.2, 0.25) is 0 Å². The average Bonchev–Trinajstić information content (AvgIpc) is 2.58. The minimum Gasteiger partial charge on any atom is -0.506 e. The molecule has 6 heteroatoms. The van der Waals surface area contributed by atoms with Crippen LogP contribution in [0.3, 0.4) is 0 Å². The van der Waals surface area contributed by atoms with Crippen LogP contribution in [0.15, 0.2) is 18.2 Å². The number of para-hydroxylation sites is 1. The van der Waals surface area contributed by atoms with E-state index in [-0.39, 0.29) is 40.7 Å². The second kappa shape index (κ2) is 4.97. The largest absolute Gasteiger partial charge is 0.506 e. The number of phenols is 1. The van der Waals surface area contributed by atoms with Gasteiger partial charge < -0.3 is 10.0 Å². The minimum atomic E-state index is -0.642. The maximum Gasteiger partial charge on any atom is 0.228 e. The van der Waals surface area contributed by atoms with Crippen molar-refractivity contribution >= 4 is 28.5 Å². The van der Waals surface area contributed by atoms with Gasteiger partial charge in [-0.15, -0.1) is 0 Å². The van der Waals surface area contributed by atoms with Crippen molar-refractivity contribution in [3.63, 3.8) is 0 Å². The molecule has 1 amide bonds. The summed E-state index contributed by atoms with van der Waals surface area (Å²) in [4.78, 5) is 24.0. The molecule has 0 saturated carbocycles. The van der Waals surface area contributed by atoms with Crippen LogP contribution in [-0.4, -0.2) is 27.9 Å². The van der Waals surface area contributed by atoms with Crippen LogP contribution in [0.25, 0.3) is 0 Å². The molecular weight excluding hydrogens is 257 g/mol. The van der Waals surface area contributed by atoms with Crippen LogP contribution in [-0.2, 0) is 9.59 Å². The zero-order valence-corrected chi connectivity index (χ0v) is 10.5. The van der Waals surface area contributed by atoms with E-state index in [9.17, 15) is 19.1 Å². The predicted molar refractivity (Wildman–Crippen MR) is 67.1 cm³/mol. The molecular formula is C12H12FNO3S. The molecule has 1 aromatic carbocycles. The molecule has 1 aliphatic heterocycles. The first-order chi connectivity index (χ1) is 8.49. The van der Waals surface area contributed by atoms with Gasteiger partial charge in [0.25, 0.3) is 0 Å². The second-order valence-corrected chi connectivity index (χ2v) is 5.52. The van der Waals surface area contributed by atoms with Gasteiger partial charge in [0, 0.05) is 25.1 Å². The fourth-order valence-electron chi connectivity index (χ4n) is 1.98. The van der Waals surface area contributed by atoms with Crippen molar-refractivity contribution in [2.45, 2.75) is 18.6 Å². The van der Waals surface area contributed by atoms with E-state index in [0.29, 0.717) is 0 Å². The van der Waals surface area contributed by atoms with Crippen molar-refractivity contribution in [1.82, 2.24) is 0 Å². The third-order valence-corrected chi connectivity index (χ3v) is 3.64. The number of carbonyl (C=O) groups excluding carboxylic acids is 2. The van der Waals surface area contributed by atoms with Crippen LogP contribution >= 0.6 is 11.8 Å². The molecule has 0 radical (unpaired) electrons. The number of carbonyl (C=O) groups is 2. The molecule has 0 aliphatic carbocycles. The Bertz CT molecular complexity index is 486. The summed E-state index contributed by atoms with van der Waals surface area (Å²) < 4.78 is 13.6. The number of hydrogen-bond acceptors (Lipinski definition) is 4.